The number of rotatable bonds is 8. The summed E-state index contributed by atoms with van der Waals surface area (Å²) >= 11 is 0. The fourth-order valence-corrected chi connectivity index (χ4v) is 13.2. The predicted octanol–water partition coefficient (Wildman–Crippen LogP) is 6.03. The summed E-state index contributed by atoms with van der Waals surface area (Å²) in [6.07, 6.45) is -6.29. The minimum Gasteiger partial charge on any atom is -0.463 e. The highest BCUT2D eigenvalue weighted by Crippen LogP contribution is 2.66. The molecule has 2 saturated carbocycles. The summed E-state index contributed by atoms with van der Waals surface area (Å²) in [5.74, 6) is -2.55. The summed E-state index contributed by atoms with van der Waals surface area (Å²) in [4.78, 5) is 48.6. The predicted molar refractivity (Wildman–Crippen MR) is 222 cm³/mol. The van der Waals surface area contributed by atoms with E-state index in [1.165, 1.54) is 0 Å². The molecule has 1 unspecified atom stereocenters. The Morgan fingerprint density at radius 3 is 2.10 bits per heavy atom. The quantitative estimate of drug-likeness (QED) is 0.204. The van der Waals surface area contributed by atoms with Gasteiger partial charge < -0.3 is 33.6 Å². The number of hydrogen-bond acceptors (Lipinski definition) is 11. The molecule has 3 aliphatic carbocycles. The fraction of sp³-hybridized carbons (Fsp3) is 0.489. The van der Waals surface area contributed by atoms with Gasteiger partial charge in [0.2, 0.25) is 14.4 Å². The number of aliphatic imine (C=N–C) groups is 1. The molecule has 2 aliphatic heterocycles. The number of nitrogens with zero attached hydrogens (tertiary/aromatic N) is 1. The van der Waals surface area contributed by atoms with Crippen LogP contribution in [0.3, 0.4) is 0 Å². The van der Waals surface area contributed by atoms with Gasteiger partial charge in [0.1, 0.15) is 30.0 Å². The van der Waals surface area contributed by atoms with Crippen molar-refractivity contribution >= 4 is 37.1 Å². The van der Waals surface area contributed by atoms with Crippen molar-refractivity contribution in [2.24, 2.45) is 27.2 Å². The third-order valence-electron chi connectivity index (χ3n) is 14.5. The second-order valence-electron chi connectivity index (χ2n) is 18.6. The first-order valence-electron chi connectivity index (χ1n) is 20.6. The average molecular weight is 822 g/mol. The number of ether oxygens (including phenoxy) is 4. The van der Waals surface area contributed by atoms with Crippen molar-refractivity contribution in [1.29, 1.82) is 0 Å². The zero-order valence-electron chi connectivity index (χ0n) is 35.0. The number of benzene rings is 3. The Balaban J connectivity index is 1.27. The van der Waals surface area contributed by atoms with Gasteiger partial charge in [-0.15, -0.1) is 0 Å². The van der Waals surface area contributed by atoms with Gasteiger partial charge in [-0.05, 0) is 54.9 Å². The molecule has 12 heteroatoms. The van der Waals surface area contributed by atoms with Crippen LogP contribution in [0.25, 0.3) is 0 Å². The number of carbonyl (C=O) groups is 3. The number of esters is 2. The van der Waals surface area contributed by atoms with Crippen LogP contribution < -0.4 is 5.19 Å². The molecular formula is C47H55NO10Si. The van der Waals surface area contributed by atoms with Crippen molar-refractivity contribution in [2.45, 2.75) is 116 Å². The van der Waals surface area contributed by atoms with E-state index in [9.17, 15) is 19.8 Å². The number of aliphatic hydroxyl groups is 2. The van der Waals surface area contributed by atoms with E-state index in [2.05, 4.69) is 18.1 Å². The number of carbonyl (C=O) groups excluding carboxylic acids is 3. The fourth-order valence-electron chi connectivity index (χ4n) is 11.0. The molecule has 59 heavy (non-hydrogen) atoms. The smallest absolute Gasteiger partial charge is 0.350 e. The summed E-state index contributed by atoms with van der Waals surface area (Å²) in [5, 5.41) is 27.7. The SMILES string of the molecule is CC1=NC(c2ccccc2)[C@H](C(=O)O[C@H]2C[C@@]3(O)[C@@H](OC(=O)c4ccccc4)[C@@H]4[C@]5(C)CO[C@@H]5C[C@H](O[Si](C)(C)c5ccccc5)[C@@]4(C)[C@@H](O)C(=O)C(=C2C)C3(C)C)O1. The molecule has 5 aliphatic rings. The second kappa shape index (κ2) is 14.6. The van der Waals surface area contributed by atoms with Crippen molar-refractivity contribution < 1.29 is 48.0 Å². The van der Waals surface area contributed by atoms with Gasteiger partial charge in [-0.1, -0.05) is 107 Å². The van der Waals surface area contributed by atoms with Gasteiger partial charge in [0.15, 0.2) is 11.7 Å². The van der Waals surface area contributed by atoms with Gasteiger partial charge in [-0.2, -0.15) is 0 Å². The summed E-state index contributed by atoms with van der Waals surface area (Å²) in [6.45, 7) is 15.1. The Morgan fingerprint density at radius 1 is 0.881 bits per heavy atom. The zero-order chi connectivity index (χ0) is 42.3. The van der Waals surface area contributed by atoms with Gasteiger partial charge in [0, 0.05) is 41.1 Å². The third kappa shape index (κ3) is 6.44. The standard InChI is InChI=1S/C47H55NO10Si/c1-27-32(56-43(52)38-36(48-28(2)55-38)29-18-12-9-13-19-29)25-47(53)41(57-42(51)30-20-14-10-15-21-30)39-45(5)26-54-33(45)24-34(58-59(7,8)31-22-16-11-17-23-31)46(39,6)40(50)37(49)35(27)44(47,3)4/h9-23,32-34,36,38-41,50,53H,24-26H2,1-8H3/t32-,33+,34-,36?,38+,39+,40-,41-,45+,46+,47+/m0/s1. The number of hydrogen-bond donors (Lipinski definition) is 2. The number of aliphatic hydroxyl groups excluding tert-OH is 1. The number of fused-ring (bicyclic) bond motifs is 5. The second-order valence-corrected chi connectivity index (χ2v) is 22.4. The molecule has 3 fully saturated rings. The van der Waals surface area contributed by atoms with Gasteiger partial charge in [-0.3, -0.25) is 4.79 Å². The van der Waals surface area contributed by atoms with E-state index in [0.717, 1.165) is 10.8 Å². The molecule has 3 aromatic carbocycles. The minimum atomic E-state index is -2.73. The van der Waals surface area contributed by atoms with Crippen LogP contribution in [-0.4, -0.2) is 91.0 Å². The van der Waals surface area contributed by atoms with Crippen molar-refractivity contribution in [2.75, 3.05) is 6.61 Å². The van der Waals surface area contributed by atoms with E-state index < -0.39 is 96.5 Å². The molecule has 1 saturated heterocycles. The first kappa shape index (κ1) is 41.3. The summed E-state index contributed by atoms with van der Waals surface area (Å²) in [5.41, 5.74) is -4.09. The van der Waals surface area contributed by atoms with Gasteiger partial charge in [0.25, 0.3) is 0 Å². The highest BCUT2D eigenvalue weighted by molar-refractivity contribution is 6.84. The van der Waals surface area contributed by atoms with Crippen molar-refractivity contribution in [1.82, 2.24) is 0 Å². The summed E-state index contributed by atoms with van der Waals surface area (Å²) in [7, 11) is -2.73. The maximum absolute atomic E-state index is 15.4. The molecule has 11 atom stereocenters. The molecule has 2 N–H and O–H groups in total. The Morgan fingerprint density at radius 2 is 1.49 bits per heavy atom. The molecule has 0 radical (unpaired) electrons. The Hall–Kier alpha value is -4.46. The topological polar surface area (TPSA) is 150 Å². The van der Waals surface area contributed by atoms with Crippen LogP contribution in [0.2, 0.25) is 13.1 Å². The van der Waals surface area contributed by atoms with Crippen LogP contribution in [-0.2, 0) is 33.0 Å². The first-order valence-corrected chi connectivity index (χ1v) is 23.5. The third-order valence-corrected chi connectivity index (χ3v) is 17.1. The molecule has 312 valence electrons. The van der Waals surface area contributed by atoms with Crippen molar-refractivity contribution in [3.05, 3.63) is 113 Å². The van der Waals surface area contributed by atoms with E-state index in [4.69, 9.17) is 23.4 Å². The Labute approximate surface area is 346 Å². The summed E-state index contributed by atoms with van der Waals surface area (Å²) < 4.78 is 32.5. The van der Waals surface area contributed by atoms with Crippen molar-refractivity contribution in [3.8, 4) is 0 Å². The average Bonchev–Trinajstić information content (AvgIpc) is 3.62. The molecule has 11 nitrogen and oxygen atoms in total. The van der Waals surface area contributed by atoms with Crippen LogP contribution in [0.1, 0.15) is 76.3 Å². The maximum Gasteiger partial charge on any atom is 0.350 e. The van der Waals surface area contributed by atoms with Gasteiger partial charge >= 0.3 is 11.9 Å². The van der Waals surface area contributed by atoms with E-state index in [1.807, 2.05) is 74.5 Å². The molecule has 0 aromatic heterocycles. The van der Waals surface area contributed by atoms with Crippen LogP contribution >= 0.6 is 0 Å². The van der Waals surface area contributed by atoms with Crippen LogP contribution in [0.15, 0.2) is 107 Å². The molecule has 2 heterocycles. The Bertz CT molecular complexity index is 2190. The molecule has 0 amide bonds. The lowest BCUT2D eigenvalue weighted by molar-refractivity contribution is -0.326. The molecule has 2 bridgehead atoms. The van der Waals surface area contributed by atoms with Gasteiger partial charge in [0.05, 0.1) is 24.4 Å². The number of ketones is 1. The van der Waals surface area contributed by atoms with E-state index in [1.54, 1.807) is 58.0 Å². The Kier molecular flexibility index (Phi) is 10.2. The molecule has 8 rings (SSSR count). The van der Waals surface area contributed by atoms with Crippen LogP contribution in [0.4, 0.5) is 0 Å². The molecular weight excluding hydrogens is 767 g/mol. The largest absolute Gasteiger partial charge is 0.463 e. The molecule has 3 aromatic rings. The minimum absolute atomic E-state index is 0.117. The molecule has 0 spiro atoms. The van der Waals surface area contributed by atoms with Crippen molar-refractivity contribution in [3.63, 3.8) is 0 Å². The summed E-state index contributed by atoms with van der Waals surface area (Å²) in [6, 6.07) is 27.1. The van der Waals surface area contributed by atoms with E-state index in [0.29, 0.717) is 17.9 Å². The lowest BCUT2D eigenvalue weighted by Crippen LogP contribution is -2.78. The van der Waals surface area contributed by atoms with E-state index >= 15 is 4.79 Å². The highest BCUT2D eigenvalue weighted by atomic mass is 28.4. The monoisotopic (exact) mass is 821 g/mol. The van der Waals surface area contributed by atoms with E-state index in [-0.39, 0.29) is 24.2 Å². The first-order chi connectivity index (χ1) is 27.8. The zero-order valence-corrected chi connectivity index (χ0v) is 36.0. The maximum atomic E-state index is 15.4. The lowest BCUT2D eigenvalue weighted by Gasteiger charge is -2.69. The van der Waals surface area contributed by atoms with Crippen LogP contribution in [0.5, 0.6) is 0 Å². The van der Waals surface area contributed by atoms with Crippen LogP contribution in [0, 0.1) is 22.2 Å². The lowest BCUT2D eigenvalue weighted by atomic mass is 9.42. The van der Waals surface area contributed by atoms with Gasteiger partial charge in [-0.25, -0.2) is 14.6 Å². The highest BCUT2D eigenvalue weighted by Gasteiger charge is 2.75. The number of Topliss-reactive ketones (excluding diaryl/α,β-unsaturated/α-hetero) is 1. The normalized spacial score (nSPS) is 36.1.